The van der Waals surface area contributed by atoms with Gasteiger partial charge in [-0.15, -0.1) is 0 Å². The lowest BCUT2D eigenvalue weighted by atomic mass is 9.95. The van der Waals surface area contributed by atoms with E-state index < -0.39 is 8.07 Å². The highest BCUT2D eigenvalue weighted by Gasteiger charge is 2.40. The molecular weight excluding hydrogens is 362 g/mol. The molecule has 0 aliphatic carbocycles. The zero-order valence-corrected chi connectivity index (χ0v) is 18.0. The summed E-state index contributed by atoms with van der Waals surface area (Å²) >= 11 is 0. The number of hydrogen-bond donors (Lipinski definition) is 0. The van der Waals surface area contributed by atoms with Crippen LogP contribution in [0.3, 0.4) is 0 Å². The first-order valence-electron chi connectivity index (χ1n) is 10.2. The molecule has 2 atom stereocenters. The highest BCUT2D eigenvalue weighted by molar-refractivity contribution is 6.88. The Morgan fingerprint density at radius 1 is 1.04 bits per heavy atom. The van der Waals surface area contributed by atoms with Gasteiger partial charge in [-0.25, -0.2) is 4.79 Å². The third-order valence-corrected chi connectivity index (χ3v) is 8.00. The first-order chi connectivity index (χ1) is 13.4. The average molecular weight is 392 g/mol. The maximum absolute atomic E-state index is 12.7. The van der Waals surface area contributed by atoms with E-state index >= 15 is 0 Å². The summed E-state index contributed by atoms with van der Waals surface area (Å²) in [6.45, 7) is 7.47. The fourth-order valence-electron chi connectivity index (χ4n) is 4.31. The SMILES string of the molecule is C[Si](C)(C)c1ccc(C2=CC3CCC(C2)N3C(=O)OCc2ccccc2)cc1. The van der Waals surface area contributed by atoms with Gasteiger partial charge in [0.15, 0.2) is 0 Å². The van der Waals surface area contributed by atoms with Crippen LogP contribution in [0.2, 0.25) is 19.6 Å². The molecular formula is C24H29NO2Si. The normalized spacial score (nSPS) is 21.4. The lowest BCUT2D eigenvalue weighted by Gasteiger charge is -2.33. The van der Waals surface area contributed by atoms with Crippen molar-refractivity contribution < 1.29 is 9.53 Å². The van der Waals surface area contributed by atoms with Crippen LogP contribution in [0.4, 0.5) is 4.79 Å². The second-order valence-corrected chi connectivity index (χ2v) is 14.0. The molecule has 0 spiro atoms. The molecule has 2 unspecified atom stereocenters. The molecule has 0 radical (unpaired) electrons. The molecule has 2 aromatic rings. The van der Waals surface area contributed by atoms with E-state index in [1.165, 1.54) is 16.3 Å². The third-order valence-electron chi connectivity index (χ3n) is 5.93. The summed E-state index contributed by atoms with van der Waals surface area (Å²) in [5, 5.41) is 1.49. The van der Waals surface area contributed by atoms with E-state index in [9.17, 15) is 4.79 Å². The van der Waals surface area contributed by atoms with Crippen molar-refractivity contribution in [1.82, 2.24) is 4.90 Å². The molecule has 1 saturated heterocycles. The molecule has 1 fully saturated rings. The molecule has 2 aliphatic heterocycles. The summed E-state index contributed by atoms with van der Waals surface area (Å²) in [5.74, 6) is 0. The fourth-order valence-corrected chi connectivity index (χ4v) is 5.47. The Kier molecular flexibility index (Phi) is 5.15. The number of hydrogen-bond acceptors (Lipinski definition) is 2. The summed E-state index contributed by atoms with van der Waals surface area (Å²) < 4.78 is 5.60. The van der Waals surface area contributed by atoms with E-state index in [1.807, 2.05) is 35.2 Å². The number of benzene rings is 2. The lowest BCUT2D eigenvalue weighted by molar-refractivity contribution is 0.0832. The molecule has 4 rings (SSSR count). The highest BCUT2D eigenvalue weighted by atomic mass is 28.3. The molecule has 2 aromatic carbocycles. The molecule has 1 amide bonds. The highest BCUT2D eigenvalue weighted by Crippen LogP contribution is 2.38. The van der Waals surface area contributed by atoms with Crippen LogP contribution in [0, 0.1) is 0 Å². The Morgan fingerprint density at radius 3 is 2.39 bits per heavy atom. The Bertz CT molecular complexity index is 868. The molecule has 0 saturated carbocycles. The van der Waals surface area contributed by atoms with Gasteiger partial charge < -0.3 is 4.74 Å². The molecule has 0 aromatic heterocycles. The van der Waals surface area contributed by atoms with Crippen LogP contribution in [-0.4, -0.2) is 31.2 Å². The number of carbonyl (C=O) groups is 1. The van der Waals surface area contributed by atoms with Crippen LogP contribution in [0.25, 0.3) is 5.57 Å². The minimum atomic E-state index is -1.27. The molecule has 2 bridgehead atoms. The van der Waals surface area contributed by atoms with E-state index in [1.54, 1.807) is 0 Å². The predicted molar refractivity (Wildman–Crippen MR) is 117 cm³/mol. The van der Waals surface area contributed by atoms with Gasteiger partial charge in [0, 0.05) is 6.04 Å². The van der Waals surface area contributed by atoms with Crippen molar-refractivity contribution in [3.8, 4) is 0 Å². The van der Waals surface area contributed by atoms with Gasteiger partial charge >= 0.3 is 6.09 Å². The largest absolute Gasteiger partial charge is 0.445 e. The van der Waals surface area contributed by atoms with Crippen molar-refractivity contribution in [3.63, 3.8) is 0 Å². The summed E-state index contributed by atoms with van der Waals surface area (Å²) in [5.41, 5.74) is 3.71. The number of amides is 1. The number of carbonyl (C=O) groups excluding carboxylic acids is 1. The second-order valence-electron chi connectivity index (χ2n) is 8.97. The van der Waals surface area contributed by atoms with Gasteiger partial charge in [0.2, 0.25) is 0 Å². The van der Waals surface area contributed by atoms with Crippen molar-refractivity contribution in [2.45, 2.75) is 57.6 Å². The van der Waals surface area contributed by atoms with E-state index in [0.29, 0.717) is 6.61 Å². The second kappa shape index (κ2) is 7.59. The first kappa shape index (κ1) is 19.0. The van der Waals surface area contributed by atoms with Gasteiger partial charge in [0.25, 0.3) is 0 Å². The van der Waals surface area contributed by atoms with Crippen molar-refractivity contribution in [2.24, 2.45) is 0 Å². The van der Waals surface area contributed by atoms with E-state index in [0.717, 1.165) is 24.8 Å². The van der Waals surface area contributed by atoms with Crippen molar-refractivity contribution in [2.75, 3.05) is 0 Å². The smallest absolute Gasteiger partial charge is 0.410 e. The standard InChI is InChI=1S/C24H29NO2Si/c1-28(2,3)23-13-9-19(10-14-23)20-15-21-11-12-22(16-20)25(21)24(26)27-17-18-7-5-4-6-8-18/h4-10,13-15,21-22H,11-12,16-17H2,1-3H3. The quantitative estimate of drug-likeness (QED) is 0.671. The van der Waals surface area contributed by atoms with Crippen LogP contribution < -0.4 is 5.19 Å². The Morgan fingerprint density at radius 2 is 1.75 bits per heavy atom. The summed E-state index contributed by atoms with van der Waals surface area (Å²) in [4.78, 5) is 14.7. The lowest BCUT2D eigenvalue weighted by Crippen LogP contribution is -2.43. The van der Waals surface area contributed by atoms with Gasteiger partial charge in [-0.1, -0.05) is 85.5 Å². The van der Waals surface area contributed by atoms with Crippen LogP contribution in [-0.2, 0) is 11.3 Å². The van der Waals surface area contributed by atoms with Crippen LogP contribution >= 0.6 is 0 Å². The Hall–Kier alpha value is -2.33. The zero-order chi connectivity index (χ0) is 19.7. The first-order valence-corrected chi connectivity index (χ1v) is 13.7. The molecule has 4 heteroatoms. The topological polar surface area (TPSA) is 29.5 Å². The van der Waals surface area contributed by atoms with Crippen molar-refractivity contribution in [3.05, 3.63) is 71.8 Å². The van der Waals surface area contributed by atoms with Crippen molar-refractivity contribution >= 4 is 24.9 Å². The van der Waals surface area contributed by atoms with Gasteiger partial charge in [0.1, 0.15) is 6.61 Å². The summed E-state index contributed by atoms with van der Waals surface area (Å²) in [6.07, 6.45) is 5.11. The number of fused-ring (bicyclic) bond motifs is 2. The maximum Gasteiger partial charge on any atom is 0.410 e. The summed E-state index contributed by atoms with van der Waals surface area (Å²) in [7, 11) is -1.27. The third kappa shape index (κ3) is 3.92. The maximum atomic E-state index is 12.7. The zero-order valence-electron chi connectivity index (χ0n) is 17.0. The Balaban J connectivity index is 1.45. The molecule has 3 nitrogen and oxygen atoms in total. The molecule has 28 heavy (non-hydrogen) atoms. The molecule has 2 heterocycles. The molecule has 146 valence electrons. The predicted octanol–water partition coefficient (Wildman–Crippen LogP) is 5.19. The van der Waals surface area contributed by atoms with E-state index in [4.69, 9.17) is 4.74 Å². The van der Waals surface area contributed by atoms with Crippen molar-refractivity contribution in [1.29, 1.82) is 0 Å². The van der Waals surface area contributed by atoms with Gasteiger partial charge in [-0.05, 0) is 36.0 Å². The van der Waals surface area contributed by atoms with Crippen LogP contribution in [0.15, 0.2) is 60.7 Å². The van der Waals surface area contributed by atoms with E-state index in [2.05, 4.69) is 50.0 Å². The Labute approximate surface area is 169 Å². The number of nitrogens with zero attached hydrogens (tertiary/aromatic N) is 1. The van der Waals surface area contributed by atoms with Crippen LogP contribution in [0.5, 0.6) is 0 Å². The van der Waals surface area contributed by atoms with Gasteiger partial charge in [0.05, 0.1) is 14.1 Å². The minimum absolute atomic E-state index is 0.161. The fraction of sp³-hybridized carbons (Fsp3) is 0.375. The van der Waals surface area contributed by atoms with Crippen LogP contribution in [0.1, 0.15) is 30.4 Å². The molecule has 2 aliphatic rings. The number of ether oxygens (including phenoxy) is 1. The average Bonchev–Trinajstić information content (AvgIpc) is 2.96. The summed E-state index contributed by atoms with van der Waals surface area (Å²) in [6, 6.07) is 19.4. The monoisotopic (exact) mass is 391 g/mol. The van der Waals surface area contributed by atoms with Gasteiger partial charge in [-0.2, -0.15) is 0 Å². The minimum Gasteiger partial charge on any atom is -0.445 e. The molecule has 0 N–H and O–H groups in total. The van der Waals surface area contributed by atoms with E-state index in [-0.39, 0.29) is 18.2 Å². The number of rotatable bonds is 4. The van der Waals surface area contributed by atoms with Gasteiger partial charge in [-0.3, -0.25) is 4.90 Å².